The number of carboxylic acid groups (broad SMARTS) is 1. The Morgan fingerprint density at radius 2 is 1.79 bits per heavy atom. The zero-order valence-corrected chi connectivity index (χ0v) is 11.6. The molecule has 0 bridgehead atoms. The van der Waals surface area contributed by atoms with E-state index in [1.165, 1.54) is 0 Å². The predicted molar refractivity (Wildman–Crippen MR) is 71.7 cm³/mol. The summed E-state index contributed by atoms with van der Waals surface area (Å²) in [6.07, 6.45) is -0.741. The lowest BCUT2D eigenvalue weighted by Gasteiger charge is -2.19. The smallest absolute Gasteiger partial charge is 0.345 e. The van der Waals surface area contributed by atoms with E-state index in [4.69, 9.17) is 9.84 Å². The number of hydrogen-bond acceptors (Lipinski definition) is 3. The lowest BCUT2D eigenvalue weighted by Crippen LogP contribution is -2.30. The van der Waals surface area contributed by atoms with E-state index in [0.29, 0.717) is 0 Å². The van der Waals surface area contributed by atoms with Crippen LogP contribution in [0, 0.1) is 5.41 Å². The summed E-state index contributed by atoms with van der Waals surface area (Å²) in [5.74, 6) is -1.60. The molecule has 0 heterocycles. The van der Waals surface area contributed by atoms with Crippen molar-refractivity contribution in [3.63, 3.8) is 0 Å². The van der Waals surface area contributed by atoms with Crippen LogP contribution in [0.2, 0.25) is 0 Å². The van der Waals surface area contributed by atoms with E-state index in [1.54, 1.807) is 0 Å². The largest absolute Gasteiger partial charge is 0.478 e. The van der Waals surface area contributed by atoms with Crippen LogP contribution in [0.15, 0.2) is 30.3 Å². The van der Waals surface area contributed by atoms with Gasteiger partial charge in [0.15, 0.2) is 0 Å². The lowest BCUT2D eigenvalue weighted by atomic mass is 9.92. The molecule has 1 atom stereocenters. The SMILES string of the molecule is CC(C)(C)CC(=O)OC(Cc1ccccc1)C(=O)O. The van der Waals surface area contributed by atoms with Crippen molar-refractivity contribution in [1.29, 1.82) is 0 Å². The Bertz CT molecular complexity index is 431. The van der Waals surface area contributed by atoms with Crippen LogP contribution in [0.5, 0.6) is 0 Å². The number of benzene rings is 1. The molecule has 1 N–H and O–H groups in total. The molecule has 1 aromatic rings. The topological polar surface area (TPSA) is 63.6 Å². The number of carbonyl (C=O) groups is 2. The highest BCUT2D eigenvalue weighted by Gasteiger charge is 2.25. The Balaban J connectivity index is 2.64. The second kappa shape index (κ2) is 6.36. The molecule has 0 aromatic heterocycles. The van der Waals surface area contributed by atoms with Gasteiger partial charge in [-0.05, 0) is 11.0 Å². The number of carbonyl (C=O) groups excluding carboxylic acids is 1. The molecular formula is C15H20O4. The molecule has 0 radical (unpaired) electrons. The molecule has 1 unspecified atom stereocenters. The molecule has 0 saturated carbocycles. The van der Waals surface area contributed by atoms with Gasteiger partial charge in [0.25, 0.3) is 0 Å². The monoisotopic (exact) mass is 264 g/mol. The standard InChI is InChI=1S/C15H20O4/c1-15(2,3)10-13(16)19-12(14(17)18)9-11-7-5-4-6-8-11/h4-8,12H,9-10H2,1-3H3,(H,17,18). The quantitative estimate of drug-likeness (QED) is 0.830. The van der Waals surface area contributed by atoms with Crippen molar-refractivity contribution in [2.24, 2.45) is 5.41 Å². The molecule has 4 heteroatoms. The number of esters is 1. The third kappa shape index (κ3) is 6.04. The van der Waals surface area contributed by atoms with Gasteiger partial charge in [-0.2, -0.15) is 0 Å². The summed E-state index contributed by atoms with van der Waals surface area (Å²) in [6, 6.07) is 9.13. The molecule has 0 aliphatic heterocycles. The van der Waals surface area contributed by atoms with Crippen LogP contribution in [-0.4, -0.2) is 23.1 Å². The minimum atomic E-state index is -1.13. The van der Waals surface area contributed by atoms with Crippen molar-refractivity contribution in [3.8, 4) is 0 Å². The second-order valence-electron chi connectivity index (χ2n) is 5.74. The van der Waals surface area contributed by atoms with Crippen molar-refractivity contribution in [2.45, 2.75) is 39.7 Å². The molecule has 104 valence electrons. The maximum atomic E-state index is 11.7. The number of hydrogen-bond donors (Lipinski definition) is 1. The summed E-state index contributed by atoms with van der Waals surface area (Å²) >= 11 is 0. The molecule has 4 nitrogen and oxygen atoms in total. The number of carboxylic acids is 1. The van der Waals surface area contributed by atoms with Gasteiger partial charge in [0.05, 0.1) is 6.42 Å². The van der Waals surface area contributed by atoms with E-state index in [-0.39, 0.29) is 18.3 Å². The van der Waals surface area contributed by atoms with Crippen LogP contribution in [0.1, 0.15) is 32.8 Å². The minimum Gasteiger partial charge on any atom is -0.478 e. The number of rotatable bonds is 5. The molecule has 0 aliphatic rings. The summed E-state index contributed by atoms with van der Waals surface area (Å²) in [5, 5.41) is 9.10. The van der Waals surface area contributed by atoms with Gasteiger partial charge in [-0.1, -0.05) is 51.1 Å². The Kier molecular flexibility index (Phi) is 5.10. The molecule has 0 amide bonds. The predicted octanol–water partition coefficient (Wildman–Crippen LogP) is 2.66. The highest BCUT2D eigenvalue weighted by Crippen LogP contribution is 2.20. The summed E-state index contributed by atoms with van der Waals surface area (Å²) < 4.78 is 5.05. The van der Waals surface area contributed by atoms with Crippen molar-refractivity contribution in [2.75, 3.05) is 0 Å². The van der Waals surface area contributed by atoms with Gasteiger partial charge >= 0.3 is 11.9 Å². The van der Waals surface area contributed by atoms with Crippen molar-refractivity contribution >= 4 is 11.9 Å². The highest BCUT2D eigenvalue weighted by atomic mass is 16.6. The second-order valence-corrected chi connectivity index (χ2v) is 5.74. The van der Waals surface area contributed by atoms with Gasteiger partial charge in [0, 0.05) is 6.42 Å². The average molecular weight is 264 g/mol. The van der Waals surface area contributed by atoms with Crippen LogP contribution in [0.3, 0.4) is 0 Å². The summed E-state index contributed by atoms with van der Waals surface area (Å²) in [5.41, 5.74) is 0.617. The third-order valence-corrected chi connectivity index (χ3v) is 2.49. The van der Waals surface area contributed by atoms with E-state index < -0.39 is 18.0 Å². The molecule has 0 fully saturated rings. The van der Waals surface area contributed by atoms with Crippen molar-refractivity contribution < 1.29 is 19.4 Å². The third-order valence-electron chi connectivity index (χ3n) is 2.49. The zero-order valence-electron chi connectivity index (χ0n) is 11.6. The van der Waals surface area contributed by atoms with Crippen molar-refractivity contribution in [1.82, 2.24) is 0 Å². The Morgan fingerprint density at radius 1 is 1.21 bits per heavy atom. The van der Waals surface area contributed by atoms with E-state index in [9.17, 15) is 9.59 Å². The highest BCUT2D eigenvalue weighted by molar-refractivity contribution is 5.78. The Morgan fingerprint density at radius 3 is 2.26 bits per heavy atom. The number of aliphatic carboxylic acids is 1. The average Bonchev–Trinajstić information content (AvgIpc) is 2.26. The van der Waals surface area contributed by atoms with Gasteiger partial charge in [-0.15, -0.1) is 0 Å². The summed E-state index contributed by atoms with van der Waals surface area (Å²) in [6.45, 7) is 5.71. The first kappa shape index (κ1) is 15.2. The summed E-state index contributed by atoms with van der Waals surface area (Å²) in [7, 11) is 0. The van der Waals surface area contributed by atoms with Crippen molar-refractivity contribution in [3.05, 3.63) is 35.9 Å². The maximum absolute atomic E-state index is 11.7. The van der Waals surface area contributed by atoms with E-state index in [2.05, 4.69) is 0 Å². The first-order valence-electron chi connectivity index (χ1n) is 6.24. The Labute approximate surface area is 113 Å². The molecule has 1 aromatic carbocycles. The van der Waals surface area contributed by atoms with E-state index in [1.807, 2.05) is 51.1 Å². The molecule has 19 heavy (non-hydrogen) atoms. The number of ether oxygens (including phenoxy) is 1. The van der Waals surface area contributed by atoms with Crippen LogP contribution in [0.25, 0.3) is 0 Å². The fourth-order valence-electron chi connectivity index (χ4n) is 1.64. The first-order valence-corrected chi connectivity index (χ1v) is 6.24. The van der Waals surface area contributed by atoms with Gasteiger partial charge in [-0.3, -0.25) is 4.79 Å². The molecular weight excluding hydrogens is 244 g/mol. The van der Waals surface area contributed by atoms with Gasteiger partial charge in [0.1, 0.15) is 0 Å². The molecule has 0 aliphatic carbocycles. The lowest BCUT2D eigenvalue weighted by molar-refractivity contribution is -0.165. The van der Waals surface area contributed by atoms with Gasteiger partial charge in [-0.25, -0.2) is 4.79 Å². The maximum Gasteiger partial charge on any atom is 0.345 e. The van der Waals surface area contributed by atoms with E-state index >= 15 is 0 Å². The molecule has 0 spiro atoms. The van der Waals surface area contributed by atoms with Gasteiger partial charge < -0.3 is 9.84 Å². The van der Waals surface area contributed by atoms with Crippen LogP contribution in [-0.2, 0) is 20.7 Å². The van der Waals surface area contributed by atoms with Crippen LogP contribution < -0.4 is 0 Å². The molecule has 0 saturated heterocycles. The summed E-state index contributed by atoms with van der Waals surface area (Å²) in [4.78, 5) is 22.8. The first-order chi connectivity index (χ1) is 8.78. The molecule has 1 rings (SSSR count). The Hall–Kier alpha value is -1.84. The minimum absolute atomic E-state index is 0.187. The van der Waals surface area contributed by atoms with E-state index in [0.717, 1.165) is 5.56 Å². The van der Waals surface area contributed by atoms with Crippen LogP contribution in [0.4, 0.5) is 0 Å². The fourth-order valence-corrected chi connectivity index (χ4v) is 1.64. The zero-order chi connectivity index (χ0) is 14.5. The van der Waals surface area contributed by atoms with Crippen LogP contribution >= 0.6 is 0 Å². The normalized spacial score (nSPS) is 12.8. The fraction of sp³-hybridized carbons (Fsp3) is 0.467. The van der Waals surface area contributed by atoms with Gasteiger partial charge in [0.2, 0.25) is 6.10 Å².